The van der Waals surface area contributed by atoms with Crippen LogP contribution in [0.2, 0.25) is 0 Å². The minimum Gasteiger partial charge on any atom is -0.319 e. The van der Waals surface area contributed by atoms with Crippen molar-refractivity contribution in [3.05, 3.63) is 10.6 Å². The fourth-order valence-electron chi connectivity index (χ4n) is 0.326. The second-order valence-corrected chi connectivity index (χ2v) is 2.39. The van der Waals surface area contributed by atoms with Crippen molar-refractivity contribution in [1.82, 2.24) is 5.32 Å². The van der Waals surface area contributed by atoms with E-state index in [0.29, 0.717) is 4.49 Å². The lowest BCUT2D eigenvalue weighted by Crippen LogP contribution is -2.05. The number of nitrogens with one attached hydrogen (secondary N) is 1. The molecule has 0 fully saturated rings. The Balaban J connectivity index is 3.03. The molecule has 0 spiro atoms. The highest BCUT2D eigenvalue weighted by Crippen LogP contribution is 2.06. The normalized spacial score (nSPS) is 8.88. The second kappa shape index (κ2) is 5.42. The Morgan fingerprint density at radius 3 is 2.62 bits per heavy atom. The third-order valence-electron chi connectivity index (χ3n) is 0.693. The Morgan fingerprint density at radius 1 is 1.62 bits per heavy atom. The summed E-state index contributed by atoms with van der Waals surface area (Å²) in [5, 5.41) is 2.96. The minimum atomic E-state index is 0.347. The Morgan fingerprint density at radius 2 is 2.25 bits per heavy atom. The van der Waals surface area contributed by atoms with Crippen molar-refractivity contribution >= 4 is 23.2 Å². The van der Waals surface area contributed by atoms with E-state index in [2.05, 4.69) is 5.32 Å². The van der Waals surface area contributed by atoms with Crippen molar-refractivity contribution in [2.24, 2.45) is 0 Å². The molecule has 0 aliphatic heterocycles. The van der Waals surface area contributed by atoms with Crippen molar-refractivity contribution in [3.63, 3.8) is 0 Å². The van der Waals surface area contributed by atoms with Crippen LogP contribution in [0.25, 0.3) is 0 Å². The lowest BCUT2D eigenvalue weighted by Gasteiger charge is -1.89. The third kappa shape index (κ3) is 6.28. The Bertz CT molecular complexity index is 76.5. The van der Waals surface area contributed by atoms with Gasteiger partial charge in [-0.3, -0.25) is 0 Å². The topological polar surface area (TPSA) is 12.0 Å². The van der Waals surface area contributed by atoms with E-state index in [9.17, 15) is 0 Å². The summed E-state index contributed by atoms with van der Waals surface area (Å²) in [5.41, 5.74) is 0. The van der Waals surface area contributed by atoms with Gasteiger partial charge < -0.3 is 5.32 Å². The largest absolute Gasteiger partial charge is 0.319 e. The van der Waals surface area contributed by atoms with E-state index in [0.717, 1.165) is 13.0 Å². The lowest BCUT2D eigenvalue weighted by molar-refractivity contribution is 0.808. The molecule has 48 valence electrons. The lowest BCUT2D eigenvalue weighted by atomic mass is 10.4. The van der Waals surface area contributed by atoms with E-state index in [1.807, 2.05) is 7.05 Å². The van der Waals surface area contributed by atoms with Gasteiger partial charge in [-0.15, -0.1) is 0 Å². The zero-order chi connectivity index (χ0) is 6.41. The first-order chi connectivity index (χ1) is 3.77. The van der Waals surface area contributed by atoms with Crippen LogP contribution in [0.4, 0.5) is 0 Å². The average molecular weight is 154 g/mol. The van der Waals surface area contributed by atoms with Crippen LogP contribution in [-0.2, 0) is 0 Å². The van der Waals surface area contributed by atoms with E-state index < -0.39 is 0 Å². The number of hydrogen-bond acceptors (Lipinski definition) is 1. The molecule has 0 aromatic rings. The minimum absolute atomic E-state index is 0.347. The first kappa shape index (κ1) is 8.28. The van der Waals surface area contributed by atoms with Crippen LogP contribution < -0.4 is 5.32 Å². The van der Waals surface area contributed by atoms with Gasteiger partial charge in [0.2, 0.25) is 0 Å². The summed E-state index contributed by atoms with van der Waals surface area (Å²) < 4.78 is 0.347. The zero-order valence-electron chi connectivity index (χ0n) is 4.75. The first-order valence-corrected chi connectivity index (χ1v) is 3.18. The standard InChI is InChI=1S/C5H9Cl2N/c1-8-4-2-3-5(6)7/h3,8H,2,4H2,1H3. The fourth-order valence-corrected chi connectivity index (χ4v) is 0.544. The molecule has 0 radical (unpaired) electrons. The first-order valence-electron chi connectivity index (χ1n) is 2.43. The SMILES string of the molecule is CNCCC=C(Cl)Cl. The highest BCUT2D eigenvalue weighted by molar-refractivity contribution is 6.55. The van der Waals surface area contributed by atoms with Crippen molar-refractivity contribution in [1.29, 1.82) is 0 Å². The maximum atomic E-state index is 5.31. The van der Waals surface area contributed by atoms with Gasteiger partial charge in [0.05, 0.1) is 0 Å². The van der Waals surface area contributed by atoms with Gasteiger partial charge in [0, 0.05) is 0 Å². The number of rotatable bonds is 3. The van der Waals surface area contributed by atoms with Crippen LogP contribution in [0, 0.1) is 0 Å². The summed E-state index contributed by atoms with van der Waals surface area (Å²) in [6.45, 7) is 0.920. The molecular weight excluding hydrogens is 145 g/mol. The molecule has 0 saturated heterocycles. The molecule has 0 amide bonds. The van der Waals surface area contributed by atoms with E-state index in [1.165, 1.54) is 0 Å². The summed E-state index contributed by atoms with van der Waals surface area (Å²) in [6.07, 6.45) is 2.65. The Hall–Kier alpha value is 0.280. The van der Waals surface area contributed by atoms with Crippen LogP contribution in [0.15, 0.2) is 10.6 Å². The van der Waals surface area contributed by atoms with E-state index in [1.54, 1.807) is 6.08 Å². The van der Waals surface area contributed by atoms with E-state index in [-0.39, 0.29) is 0 Å². The molecule has 0 aromatic heterocycles. The quantitative estimate of drug-likeness (QED) is 0.612. The molecule has 0 aliphatic rings. The van der Waals surface area contributed by atoms with Crippen LogP contribution in [0.3, 0.4) is 0 Å². The summed E-state index contributed by atoms with van der Waals surface area (Å²) >= 11 is 10.6. The van der Waals surface area contributed by atoms with Gasteiger partial charge in [-0.05, 0) is 20.0 Å². The van der Waals surface area contributed by atoms with Gasteiger partial charge in [0.15, 0.2) is 0 Å². The van der Waals surface area contributed by atoms with E-state index >= 15 is 0 Å². The van der Waals surface area contributed by atoms with Crippen molar-refractivity contribution < 1.29 is 0 Å². The molecule has 0 heterocycles. The highest BCUT2D eigenvalue weighted by Gasteiger charge is 1.80. The van der Waals surface area contributed by atoms with Crippen LogP contribution >= 0.6 is 23.2 Å². The highest BCUT2D eigenvalue weighted by atomic mass is 35.5. The summed E-state index contributed by atoms with van der Waals surface area (Å²) in [4.78, 5) is 0. The van der Waals surface area contributed by atoms with Crippen molar-refractivity contribution in [2.75, 3.05) is 13.6 Å². The summed E-state index contributed by atoms with van der Waals surface area (Å²) in [7, 11) is 1.88. The predicted molar refractivity (Wildman–Crippen MR) is 38.3 cm³/mol. The van der Waals surface area contributed by atoms with Gasteiger partial charge in [-0.2, -0.15) is 0 Å². The van der Waals surface area contributed by atoms with Crippen LogP contribution in [0.5, 0.6) is 0 Å². The fraction of sp³-hybridized carbons (Fsp3) is 0.600. The van der Waals surface area contributed by atoms with Gasteiger partial charge in [-0.1, -0.05) is 29.3 Å². The van der Waals surface area contributed by atoms with Gasteiger partial charge in [0.25, 0.3) is 0 Å². The van der Waals surface area contributed by atoms with Crippen LogP contribution in [0.1, 0.15) is 6.42 Å². The molecule has 0 bridgehead atoms. The molecule has 0 unspecified atom stereocenters. The zero-order valence-corrected chi connectivity index (χ0v) is 6.26. The van der Waals surface area contributed by atoms with Crippen molar-refractivity contribution in [2.45, 2.75) is 6.42 Å². The molecule has 0 aliphatic carbocycles. The van der Waals surface area contributed by atoms with Crippen molar-refractivity contribution in [3.8, 4) is 0 Å². The van der Waals surface area contributed by atoms with Gasteiger partial charge in [-0.25, -0.2) is 0 Å². The third-order valence-corrected chi connectivity index (χ3v) is 1.00. The molecule has 0 rings (SSSR count). The molecular formula is C5H9Cl2N. The van der Waals surface area contributed by atoms with Gasteiger partial charge in [0.1, 0.15) is 4.49 Å². The van der Waals surface area contributed by atoms with E-state index in [4.69, 9.17) is 23.2 Å². The molecule has 1 nitrogen and oxygen atoms in total. The molecule has 0 aromatic carbocycles. The summed E-state index contributed by atoms with van der Waals surface area (Å²) in [6, 6.07) is 0. The van der Waals surface area contributed by atoms with Gasteiger partial charge >= 0.3 is 0 Å². The Kier molecular flexibility index (Phi) is 5.61. The monoisotopic (exact) mass is 153 g/mol. The number of hydrogen-bond donors (Lipinski definition) is 1. The summed E-state index contributed by atoms with van der Waals surface area (Å²) in [5.74, 6) is 0. The number of halogens is 2. The average Bonchev–Trinajstić information content (AvgIpc) is 1.66. The molecule has 3 heteroatoms. The molecule has 0 atom stereocenters. The molecule has 8 heavy (non-hydrogen) atoms. The second-order valence-electron chi connectivity index (χ2n) is 1.39. The molecule has 1 N–H and O–H groups in total. The smallest absolute Gasteiger partial charge is 0.102 e. The maximum Gasteiger partial charge on any atom is 0.102 e. The maximum absolute atomic E-state index is 5.31. The van der Waals surface area contributed by atoms with Crippen LogP contribution in [-0.4, -0.2) is 13.6 Å². The molecule has 0 saturated carbocycles. The predicted octanol–water partition coefficient (Wildman–Crippen LogP) is 1.91. The Labute approximate surface area is 59.7 Å².